The van der Waals surface area contributed by atoms with Crippen LogP contribution >= 0.6 is 35.3 Å². The summed E-state index contributed by atoms with van der Waals surface area (Å²) in [5.41, 5.74) is 14.7. The highest BCUT2D eigenvalue weighted by molar-refractivity contribution is 8.30. The summed E-state index contributed by atoms with van der Waals surface area (Å²) in [5, 5.41) is 9.64. The van der Waals surface area contributed by atoms with E-state index in [0.29, 0.717) is 20.1 Å². The number of nitrogens with zero attached hydrogens (tertiary/aromatic N) is 3. The van der Waals surface area contributed by atoms with Crippen molar-refractivity contribution in [1.82, 2.24) is 9.47 Å². The number of rotatable bonds is 8. The summed E-state index contributed by atoms with van der Waals surface area (Å²) in [4.78, 5) is 42.7. The van der Waals surface area contributed by atoms with E-state index in [2.05, 4.69) is 95.9 Å². The van der Waals surface area contributed by atoms with Crippen molar-refractivity contribution >= 4 is 85.5 Å². The van der Waals surface area contributed by atoms with Crippen LogP contribution in [0.15, 0.2) is 108 Å². The summed E-state index contributed by atoms with van der Waals surface area (Å²) in [6.07, 6.45) is 6.78. The lowest BCUT2D eigenvalue weighted by molar-refractivity contribution is -0.137. The van der Waals surface area contributed by atoms with Crippen LogP contribution in [0.25, 0.3) is 22.6 Å². The lowest BCUT2D eigenvalue weighted by atomic mass is 9.88. The zero-order valence-electron chi connectivity index (χ0n) is 28.9. The molecule has 1 saturated heterocycles. The van der Waals surface area contributed by atoms with Gasteiger partial charge in [-0.2, -0.15) is 0 Å². The van der Waals surface area contributed by atoms with Crippen molar-refractivity contribution in [3.05, 3.63) is 150 Å². The molecule has 3 heterocycles. The summed E-state index contributed by atoms with van der Waals surface area (Å²) in [5.74, 6) is -1.49. The molecule has 53 heavy (non-hydrogen) atoms. The Kier molecular flexibility index (Phi) is 9.28. The topological polar surface area (TPSA) is 109 Å². The van der Waals surface area contributed by atoms with Crippen LogP contribution in [0.1, 0.15) is 54.0 Å². The first kappa shape index (κ1) is 35.0. The molecule has 2 unspecified atom stereocenters. The lowest BCUT2D eigenvalue weighted by Gasteiger charge is -2.31. The number of aromatic nitrogens is 1. The van der Waals surface area contributed by atoms with Crippen LogP contribution in [0.2, 0.25) is 0 Å². The predicted molar refractivity (Wildman–Crippen MR) is 218 cm³/mol. The van der Waals surface area contributed by atoms with Crippen LogP contribution in [-0.2, 0) is 21.7 Å². The highest BCUT2D eigenvalue weighted by atomic mass is 32.2. The SMILES string of the molecule is CCN1C(=O)C(=c2sc(=Cc3ccc4c(c3)C3(N)CCCC3N4c3ccc(C=C(c4ccccc4)c4ccccc4)cc3)c(=O)n2CC(=O)O)SC1=S. The molecule has 0 spiro atoms. The third kappa shape index (κ3) is 6.27. The number of thioether (sulfide) groups is 1. The smallest absolute Gasteiger partial charge is 0.323 e. The Hall–Kier alpha value is -5.07. The Morgan fingerprint density at radius 3 is 2.25 bits per heavy atom. The number of carboxylic acid groups (broad SMARTS) is 1. The van der Waals surface area contributed by atoms with Gasteiger partial charge in [0.25, 0.3) is 11.5 Å². The van der Waals surface area contributed by atoms with Gasteiger partial charge in [0, 0.05) is 17.9 Å². The van der Waals surface area contributed by atoms with Crippen LogP contribution < -0.4 is 25.4 Å². The highest BCUT2D eigenvalue weighted by Crippen LogP contribution is 2.53. The maximum atomic E-state index is 13.7. The average molecular weight is 757 g/mol. The van der Waals surface area contributed by atoms with Crippen molar-refractivity contribution in [3.63, 3.8) is 0 Å². The molecule has 1 aliphatic carbocycles. The second-order valence-corrected chi connectivity index (χ2v) is 16.1. The number of nitrogens with two attached hydrogens (primary N) is 1. The number of aliphatic carboxylic acids is 1. The van der Waals surface area contributed by atoms with E-state index in [9.17, 15) is 19.5 Å². The van der Waals surface area contributed by atoms with E-state index in [0.717, 1.165) is 91.7 Å². The third-order valence-corrected chi connectivity index (χ3v) is 13.0. The molecule has 2 atom stereocenters. The van der Waals surface area contributed by atoms with Crippen LogP contribution in [0, 0.1) is 0 Å². The van der Waals surface area contributed by atoms with E-state index in [4.69, 9.17) is 18.0 Å². The molecule has 0 bridgehead atoms. The Balaban J connectivity index is 1.17. The van der Waals surface area contributed by atoms with Gasteiger partial charge in [0.15, 0.2) is 0 Å². The van der Waals surface area contributed by atoms with Gasteiger partial charge < -0.3 is 15.7 Å². The zero-order chi connectivity index (χ0) is 36.9. The van der Waals surface area contributed by atoms with Crippen LogP contribution in [-0.4, -0.2) is 43.4 Å². The van der Waals surface area contributed by atoms with Crippen molar-refractivity contribution in [3.8, 4) is 0 Å². The quantitative estimate of drug-likeness (QED) is 0.141. The van der Waals surface area contributed by atoms with E-state index < -0.39 is 23.6 Å². The first-order chi connectivity index (χ1) is 25.7. The number of hydrogen-bond acceptors (Lipinski definition) is 8. The molecule has 3 aliphatic rings. The van der Waals surface area contributed by atoms with E-state index >= 15 is 0 Å². The van der Waals surface area contributed by atoms with Gasteiger partial charge in [0.05, 0.1) is 16.1 Å². The number of fused-ring (bicyclic) bond motifs is 3. The fraction of sp³-hybridized carbons (Fsp3) is 0.190. The number of benzene rings is 4. The minimum atomic E-state index is -1.17. The van der Waals surface area contributed by atoms with Gasteiger partial charge in [-0.05, 0) is 96.0 Å². The molecule has 1 amide bonds. The predicted octanol–water partition coefficient (Wildman–Crippen LogP) is 6.26. The summed E-state index contributed by atoms with van der Waals surface area (Å²) in [7, 11) is 0. The van der Waals surface area contributed by atoms with E-state index in [1.807, 2.05) is 25.1 Å². The number of carbonyl (C=O) groups excluding carboxylic acids is 1. The molecule has 2 fully saturated rings. The number of carboxylic acids is 1. The molecule has 11 heteroatoms. The number of amides is 1. The fourth-order valence-electron chi connectivity index (χ4n) is 7.78. The first-order valence-corrected chi connectivity index (χ1v) is 19.6. The van der Waals surface area contributed by atoms with Crippen LogP contribution in [0.3, 0.4) is 0 Å². The minimum absolute atomic E-state index is 0.0756. The van der Waals surface area contributed by atoms with Gasteiger partial charge in [-0.15, -0.1) is 11.3 Å². The number of carbonyl (C=O) groups is 2. The van der Waals surface area contributed by atoms with Gasteiger partial charge in [0.1, 0.15) is 20.4 Å². The molecule has 8 nitrogen and oxygen atoms in total. The first-order valence-electron chi connectivity index (χ1n) is 17.5. The van der Waals surface area contributed by atoms with Crippen molar-refractivity contribution in [2.45, 2.75) is 44.3 Å². The molecule has 2 aliphatic heterocycles. The Bertz CT molecular complexity index is 2450. The standard InChI is InChI=1S/C42H36N4O4S3/c1-2-44-39(50)37(53-41(44)51)40-45(25-36(47)48)38(49)34(52-40)24-27-17-20-33-32(23-27)42(43)21-9-14-35(42)46(33)30-18-15-26(16-19-30)22-31(28-10-5-3-6-11-28)29-12-7-4-8-13-29/h3-8,10-13,15-20,22-24,35H,2,9,14,21,25,43H2,1H3,(H,47,48). The molecule has 5 aromatic rings. The minimum Gasteiger partial charge on any atom is -0.480 e. The van der Waals surface area contributed by atoms with Crippen molar-refractivity contribution < 1.29 is 14.7 Å². The second kappa shape index (κ2) is 14.1. The summed E-state index contributed by atoms with van der Waals surface area (Å²) in [6, 6.07) is 35.6. The van der Waals surface area contributed by atoms with Gasteiger partial charge in [-0.1, -0.05) is 103 Å². The third-order valence-electron chi connectivity index (χ3n) is 10.3. The largest absolute Gasteiger partial charge is 0.480 e. The number of thiocarbonyl (C=S) groups is 1. The van der Waals surface area contributed by atoms with Gasteiger partial charge in [-0.3, -0.25) is 23.9 Å². The zero-order valence-corrected chi connectivity index (χ0v) is 31.3. The highest BCUT2D eigenvalue weighted by Gasteiger charge is 2.51. The number of hydrogen-bond donors (Lipinski definition) is 2. The molecule has 0 radical (unpaired) electrons. The molecule has 4 aromatic carbocycles. The van der Waals surface area contributed by atoms with Crippen molar-refractivity contribution in [2.24, 2.45) is 5.73 Å². The summed E-state index contributed by atoms with van der Waals surface area (Å²) < 4.78 is 2.18. The molecule has 1 aromatic heterocycles. The van der Waals surface area contributed by atoms with Crippen molar-refractivity contribution in [2.75, 3.05) is 11.4 Å². The number of thiazole rings is 1. The van der Waals surface area contributed by atoms with Gasteiger partial charge >= 0.3 is 5.97 Å². The monoisotopic (exact) mass is 756 g/mol. The molecular formula is C42H36N4O4S3. The molecule has 8 rings (SSSR count). The molecular weight excluding hydrogens is 721 g/mol. The van der Waals surface area contributed by atoms with Crippen LogP contribution in [0.5, 0.6) is 0 Å². The maximum Gasteiger partial charge on any atom is 0.323 e. The van der Waals surface area contributed by atoms with Gasteiger partial charge in [0.2, 0.25) is 0 Å². The van der Waals surface area contributed by atoms with Crippen LogP contribution in [0.4, 0.5) is 11.4 Å². The average Bonchev–Trinajstić information content (AvgIpc) is 3.85. The number of anilines is 2. The Labute approximate surface area is 320 Å². The molecule has 266 valence electrons. The lowest BCUT2D eigenvalue weighted by Crippen LogP contribution is -2.45. The maximum absolute atomic E-state index is 13.7. The van der Waals surface area contributed by atoms with Crippen molar-refractivity contribution in [1.29, 1.82) is 0 Å². The summed E-state index contributed by atoms with van der Waals surface area (Å²) >= 11 is 7.60. The summed E-state index contributed by atoms with van der Waals surface area (Å²) in [6.45, 7) is 1.65. The Morgan fingerprint density at radius 1 is 0.962 bits per heavy atom. The fourth-order valence-corrected chi connectivity index (χ4v) is 10.4. The Morgan fingerprint density at radius 2 is 1.62 bits per heavy atom. The van der Waals surface area contributed by atoms with E-state index in [1.165, 1.54) is 4.90 Å². The molecule has 3 N–H and O–H groups in total. The van der Waals surface area contributed by atoms with E-state index in [-0.39, 0.29) is 16.9 Å². The van der Waals surface area contributed by atoms with Gasteiger partial charge in [-0.25, -0.2) is 0 Å². The van der Waals surface area contributed by atoms with E-state index in [1.54, 1.807) is 6.08 Å². The molecule has 1 saturated carbocycles. The second-order valence-electron chi connectivity index (χ2n) is 13.4. The normalized spacial score (nSPS) is 20.6.